The quantitative estimate of drug-likeness (QED) is 0.0710. The number of alkyl halides is 1. The lowest BCUT2D eigenvalue weighted by molar-refractivity contribution is 0.120. The first kappa shape index (κ1) is 112. The van der Waals surface area contributed by atoms with Crippen LogP contribution in [0.3, 0.4) is 0 Å². The highest BCUT2D eigenvalue weighted by molar-refractivity contribution is 7.90. The van der Waals surface area contributed by atoms with Crippen LogP contribution < -0.4 is 14.8 Å². The van der Waals surface area contributed by atoms with Gasteiger partial charge in [0.15, 0.2) is 33.0 Å². The van der Waals surface area contributed by atoms with E-state index in [0.29, 0.717) is 77.1 Å². The van der Waals surface area contributed by atoms with Crippen LogP contribution in [0.5, 0.6) is 11.5 Å². The first-order valence-corrected chi connectivity index (χ1v) is 47.3. The zero-order valence-corrected chi connectivity index (χ0v) is 82.8. The van der Waals surface area contributed by atoms with Crippen molar-refractivity contribution in [1.29, 1.82) is 0 Å². The number of nitrogens with one attached hydrogen (secondary N) is 1. The number of aliphatic hydroxyl groups excluding tert-OH is 1. The molecule has 0 amide bonds. The van der Waals surface area contributed by atoms with E-state index in [-0.39, 0.29) is 92.7 Å². The van der Waals surface area contributed by atoms with Gasteiger partial charge < -0.3 is 39.3 Å². The minimum atomic E-state index is -3.08. The Morgan fingerprint density at radius 3 is 1.67 bits per heavy atom. The molecule has 0 bridgehead atoms. The summed E-state index contributed by atoms with van der Waals surface area (Å²) in [5, 5.41) is 17.0. The fourth-order valence-corrected chi connectivity index (χ4v) is 17.4. The molecule has 125 heavy (non-hydrogen) atoms. The molecule has 700 valence electrons. The maximum Gasteiger partial charge on any atom is 0.175 e. The van der Waals surface area contributed by atoms with Gasteiger partial charge in [0.1, 0.15) is 28.9 Å². The molecule has 10 atom stereocenters. The number of aliphatic hydroxyl groups is 1. The van der Waals surface area contributed by atoms with E-state index in [9.17, 15) is 39.9 Å². The highest BCUT2D eigenvalue weighted by Crippen LogP contribution is 2.44. The second kappa shape index (κ2) is 54.6. The molecule has 5 heterocycles. The van der Waals surface area contributed by atoms with Crippen LogP contribution in [0, 0.1) is 87.2 Å². The molecule has 4 fully saturated rings. The predicted molar refractivity (Wildman–Crippen MR) is 508 cm³/mol. The zero-order chi connectivity index (χ0) is 94.6. The van der Waals surface area contributed by atoms with Gasteiger partial charge in [-0.2, -0.15) is 5.10 Å². The number of halogens is 9. The van der Waals surface area contributed by atoms with Crippen LogP contribution in [0.1, 0.15) is 238 Å². The van der Waals surface area contributed by atoms with Crippen LogP contribution in [0.4, 0.5) is 30.7 Å². The van der Waals surface area contributed by atoms with Gasteiger partial charge in [-0.3, -0.25) is 4.68 Å². The average molecular weight is 1810 g/mol. The molecule has 1 aromatic heterocycles. The topological polar surface area (TPSA) is 122 Å². The van der Waals surface area contributed by atoms with E-state index in [1.807, 2.05) is 117 Å². The molecule has 0 saturated carbocycles. The Bertz CT molecular complexity index is 4510. The van der Waals surface area contributed by atoms with Crippen molar-refractivity contribution in [2.75, 3.05) is 114 Å². The molecule has 0 spiro atoms. The summed E-state index contributed by atoms with van der Waals surface area (Å²) in [4.78, 5) is 7.37. The van der Waals surface area contributed by atoms with Crippen molar-refractivity contribution in [2.24, 2.45) is 59.3 Å². The van der Waals surface area contributed by atoms with Gasteiger partial charge >= 0.3 is 0 Å². The van der Waals surface area contributed by atoms with Gasteiger partial charge in [0.2, 0.25) is 0 Å². The molecule has 12 rings (SSSR count). The second-order valence-corrected chi connectivity index (χ2v) is 39.9. The zero-order valence-electron chi connectivity index (χ0n) is 80.5. The van der Waals surface area contributed by atoms with E-state index in [4.69, 9.17) is 37.4 Å². The maximum absolute atomic E-state index is 15.0. The van der Waals surface area contributed by atoms with E-state index >= 15 is 4.39 Å². The first-order valence-electron chi connectivity index (χ1n) is 44.6. The van der Waals surface area contributed by atoms with Crippen molar-refractivity contribution >= 4 is 33.0 Å². The van der Waals surface area contributed by atoms with Crippen molar-refractivity contribution in [3.05, 3.63) is 247 Å². The molecular weight excluding hydrogens is 1650 g/mol. The van der Waals surface area contributed by atoms with Crippen LogP contribution in [0.15, 0.2) is 163 Å². The summed E-state index contributed by atoms with van der Waals surface area (Å²) in [6, 6.07) is 40.6. The van der Waals surface area contributed by atoms with Crippen LogP contribution in [-0.2, 0) is 28.0 Å². The number of hydrogen-bond donors (Lipinski definition) is 2. The first-order chi connectivity index (χ1) is 58.6. The van der Waals surface area contributed by atoms with E-state index in [1.54, 1.807) is 83.5 Å². The van der Waals surface area contributed by atoms with E-state index < -0.39 is 27.1 Å². The van der Waals surface area contributed by atoms with E-state index in [0.717, 1.165) is 72.0 Å². The summed E-state index contributed by atoms with van der Waals surface area (Å²) in [7, 11) is 7.94. The minimum absolute atomic E-state index is 0.0214. The summed E-state index contributed by atoms with van der Waals surface area (Å²) in [6.07, 6.45) is 7.83. The van der Waals surface area contributed by atoms with Gasteiger partial charge in [0.05, 0.1) is 43.5 Å². The SMILES string of the molecule is CC.CC.CC(C)(C)Cc1cccc(S(C)(=O)=O)c1.CC(C)[C@@H]1CN(C)C[C@H]1c1ccc(Cl)cc1F.CC(C)[C@H](CO)c1ccc(F)c(Cl)c1.CCN1CC[C@H](C)C1.CN(C)C[C@H](c1ccc(F)cc1)C(C)(C)C.COc1ccc(C(C(C)C)[C@]2(F)CCNC2)cc1F.COc1ccc([C@@H](c2cnn(C)c2)C(C)C)cc1F.C[C@@H]1COC[C@H]1c1ccccc1F. The Labute approximate surface area is 759 Å². The van der Waals surface area contributed by atoms with Crippen molar-refractivity contribution in [1.82, 2.24) is 29.8 Å². The number of aromatic nitrogens is 2. The molecule has 2 N–H and O–H groups in total. The molecule has 0 aliphatic carbocycles. The lowest BCUT2D eigenvalue weighted by Crippen LogP contribution is -2.36. The highest BCUT2D eigenvalue weighted by atomic mass is 35.5. The van der Waals surface area contributed by atoms with Crippen molar-refractivity contribution in [3.63, 3.8) is 0 Å². The van der Waals surface area contributed by atoms with Gasteiger partial charge in [-0.15, -0.1) is 0 Å². The van der Waals surface area contributed by atoms with Crippen molar-refractivity contribution < 1.29 is 58.5 Å². The van der Waals surface area contributed by atoms with Crippen LogP contribution in [-0.4, -0.2) is 157 Å². The molecular formula is C103H153Cl2F7N6O6S. The number of nitrogens with zero attached hydrogens (tertiary/aromatic N) is 5. The number of aryl methyl sites for hydroxylation is 1. The smallest absolute Gasteiger partial charge is 0.175 e. The molecule has 4 saturated heterocycles. The molecule has 22 heteroatoms. The molecule has 8 aromatic rings. The number of hydrogen-bond acceptors (Lipinski definition) is 11. The van der Waals surface area contributed by atoms with Crippen LogP contribution >= 0.6 is 23.2 Å². The summed E-state index contributed by atoms with van der Waals surface area (Å²) in [5.74, 6) is 2.91. The highest BCUT2D eigenvalue weighted by Gasteiger charge is 2.44. The van der Waals surface area contributed by atoms with E-state index in [2.05, 4.69) is 136 Å². The normalized spacial score (nSPS) is 19.0. The Morgan fingerprint density at radius 1 is 0.648 bits per heavy atom. The number of sulfone groups is 1. The second-order valence-electron chi connectivity index (χ2n) is 37.1. The number of likely N-dealkylation sites (tertiary alicyclic amines) is 2. The fourth-order valence-electron chi connectivity index (χ4n) is 16.4. The lowest BCUT2D eigenvalue weighted by Gasteiger charge is -2.33. The van der Waals surface area contributed by atoms with Gasteiger partial charge in [-0.1, -0.05) is 235 Å². The third kappa shape index (κ3) is 37.3. The molecule has 12 nitrogen and oxygen atoms in total. The Morgan fingerprint density at radius 2 is 1.23 bits per heavy atom. The molecule has 7 aromatic carbocycles. The number of benzene rings is 7. The van der Waals surface area contributed by atoms with Crippen LogP contribution in [0.2, 0.25) is 10.0 Å². The van der Waals surface area contributed by atoms with Gasteiger partial charge in [0, 0.05) is 99.4 Å². The standard InChI is InChI=1S/C15H21F2NO.C15H19FN2O.C14H19ClFN.C14H22FN.C12H18O2S.C11H14ClFO.C11H13FO.C7H15N.2C2H6/c1-10(2)14(15(17)6-7-18-9-15)11-4-5-13(19-3)12(16)8-11;1-10(2)15(12-8-17-18(3)9-12)11-5-6-14(19-4)13(16)7-11;1-9(2)12-7-17(3)8-13(12)11-5-4-10(15)6-14(11)16;1-14(2,3)13(10-16(4)5)11-6-8-12(15)9-7-11;1-12(2,3)9-10-6-5-7-11(8-10)15(4,13)14;1-7(2)9(6-14)8-3-4-11(13)10(12)5-8;1-8-6-13-7-10(8)9-4-2-3-5-11(9)12;1-3-8-5-4-7(2)6-8;2*1-2/h4-5,8,10,14,18H,6-7,9H2,1-3H3;5-10,15H,1-4H3;4-6,9,12-13H,7-8H2,1-3H3;6-9,13H,10H2,1-5H3;5-8H,9H2,1-4H3;3-5,7,9,14H,6H2,1-2H3;2-5,8,10H,6-7H2,1H3;7H,3-6H2,1-2H3;2*1-2H3/t14?,15-;15-;12-,13-;13-;;9-;8-,10-;7-;;/m0001.010../s1. The molecule has 0 radical (unpaired) electrons. The summed E-state index contributed by atoms with van der Waals surface area (Å²) < 4.78 is 135. The van der Waals surface area contributed by atoms with E-state index in [1.165, 1.54) is 76.4 Å². The van der Waals surface area contributed by atoms with Gasteiger partial charge in [-0.25, -0.2) is 39.2 Å². The third-order valence-electron chi connectivity index (χ3n) is 22.9. The summed E-state index contributed by atoms with van der Waals surface area (Å²) in [6.45, 7) is 53.8. The lowest BCUT2D eigenvalue weighted by atomic mass is 9.75. The average Bonchev–Trinajstić information content (AvgIpc) is 1.75. The molecule has 4 aliphatic rings. The van der Waals surface area contributed by atoms with Crippen molar-refractivity contribution in [2.45, 2.75) is 211 Å². The Kier molecular flexibility index (Phi) is 49.1. The number of likely N-dealkylation sites (N-methyl/N-ethyl adjacent to an activating group) is 2. The number of rotatable bonds is 20. The molecule has 1 unspecified atom stereocenters. The monoisotopic (exact) mass is 1810 g/mol. The van der Waals surface area contributed by atoms with Gasteiger partial charge in [0.25, 0.3) is 0 Å². The van der Waals surface area contributed by atoms with Crippen molar-refractivity contribution in [3.8, 4) is 11.5 Å². The fraction of sp³-hybridized carbons (Fsp3) is 0.563. The molecule has 4 aliphatic heterocycles. The Hall–Kier alpha value is -6.85. The number of methoxy groups -OCH3 is 2. The summed E-state index contributed by atoms with van der Waals surface area (Å²) >= 11 is 11.5. The Balaban J connectivity index is 0.000000369. The maximum atomic E-state index is 15.0. The minimum Gasteiger partial charge on any atom is -0.494 e. The predicted octanol–water partition coefficient (Wildman–Crippen LogP) is 25.8. The van der Waals surface area contributed by atoms with Gasteiger partial charge in [-0.05, 0) is 236 Å². The summed E-state index contributed by atoms with van der Waals surface area (Å²) in [5.41, 5.74) is 6.60. The van der Waals surface area contributed by atoms with Crippen LogP contribution in [0.25, 0.3) is 0 Å². The third-order valence-corrected chi connectivity index (χ3v) is 24.5. The number of ether oxygens (including phenoxy) is 3. The largest absolute Gasteiger partial charge is 0.494 e.